The second-order valence-corrected chi connectivity index (χ2v) is 12.9. The van der Waals surface area contributed by atoms with Gasteiger partial charge < -0.3 is 15.3 Å². The Kier molecular flexibility index (Phi) is 9.12. The van der Waals surface area contributed by atoms with Crippen molar-refractivity contribution in [3.05, 3.63) is 70.3 Å². The van der Waals surface area contributed by atoms with Gasteiger partial charge in [-0.05, 0) is 68.0 Å². The monoisotopic (exact) mass is 626 g/mol. The largest absolute Gasteiger partial charge is 0.416 e. The van der Waals surface area contributed by atoms with Gasteiger partial charge in [-0.25, -0.2) is 12.7 Å². The van der Waals surface area contributed by atoms with E-state index in [0.717, 1.165) is 23.3 Å². The molecule has 1 atom stereocenters. The van der Waals surface area contributed by atoms with Crippen molar-refractivity contribution in [3.8, 4) is 0 Å². The highest BCUT2D eigenvalue weighted by Crippen LogP contribution is 2.34. The summed E-state index contributed by atoms with van der Waals surface area (Å²) < 4.78 is 67.0. The number of amides is 2. The number of halogens is 3. The fourth-order valence-electron chi connectivity index (χ4n) is 5.56. The Bertz CT molecular complexity index is 1510. The molecule has 2 amide bonds. The van der Waals surface area contributed by atoms with E-state index in [0.29, 0.717) is 25.1 Å². The number of rotatable bonds is 6. The average molecular weight is 627 g/mol. The maximum Gasteiger partial charge on any atom is 0.416 e. The number of alkyl halides is 3. The number of benzene rings is 2. The predicted octanol–water partition coefficient (Wildman–Crippen LogP) is 2.62. The first-order valence-electron chi connectivity index (χ1n) is 13.4. The molecule has 0 unspecified atom stereocenters. The molecule has 0 radical (unpaired) electrons. The SMILES string of the molecule is Cc1cc(C(=O)N2CC[C@H](O)C2)ccc1CCS(=O)(=O)N1CCC2(CC1)N=C(c1cccc(C(F)(F)F)c1)NC2=O.S. The first-order valence-corrected chi connectivity index (χ1v) is 15.0. The van der Waals surface area contributed by atoms with Gasteiger partial charge in [0.2, 0.25) is 10.0 Å². The molecular weight excluding hydrogens is 593 g/mol. The summed E-state index contributed by atoms with van der Waals surface area (Å²) in [5.41, 5.74) is 0.148. The third-order valence-electron chi connectivity index (χ3n) is 8.06. The van der Waals surface area contributed by atoms with Gasteiger partial charge in [-0.3, -0.25) is 14.6 Å². The highest BCUT2D eigenvalue weighted by atomic mass is 32.2. The highest BCUT2D eigenvalue weighted by molar-refractivity contribution is 7.89. The van der Waals surface area contributed by atoms with Crippen molar-refractivity contribution in [2.45, 2.75) is 50.4 Å². The lowest BCUT2D eigenvalue weighted by atomic mass is 9.89. The van der Waals surface area contributed by atoms with Gasteiger partial charge in [-0.15, -0.1) is 0 Å². The molecule has 3 aliphatic heterocycles. The zero-order chi connectivity index (χ0) is 29.6. The molecular formula is C28H33F3N4O5S2. The van der Waals surface area contributed by atoms with Crippen LogP contribution in [0.25, 0.3) is 0 Å². The number of likely N-dealkylation sites (tertiary alicyclic amines) is 1. The van der Waals surface area contributed by atoms with Crippen LogP contribution in [-0.2, 0) is 27.4 Å². The number of nitrogens with zero attached hydrogens (tertiary/aromatic N) is 3. The van der Waals surface area contributed by atoms with Crippen molar-refractivity contribution in [2.75, 3.05) is 31.9 Å². The Morgan fingerprint density at radius 2 is 1.86 bits per heavy atom. The van der Waals surface area contributed by atoms with Gasteiger partial charge >= 0.3 is 6.18 Å². The molecule has 0 bridgehead atoms. The maximum absolute atomic E-state index is 13.2. The lowest BCUT2D eigenvalue weighted by Gasteiger charge is -2.34. The number of hydrogen-bond acceptors (Lipinski definition) is 6. The maximum atomic E-state index is 13.2. The van der Waals surface area contributed by atoms with Gasteiger partial charge in [0.15, 0.2) is 0 Å². The van der Waals surface area contributed by atoms with Crippen LogP contribution in [0.15, 0.2) is 47.5 Å². The fourth-order valence-corrected chi connectivity index (χ4v) is 7.03. The van der Waals surface area contributed by atoms with E-state index >= 15 is 0 Å². The number of nitrogens with one attached hydrogen (secondary N) is 1. The zero-order valence-electron chi connectivity index (χ0n) is 22.9. The molecule has 228 valence electrons. The molecule has 0 saturated carbocycles. The Morgan fingerprint density at radius 1 is 1.14 bits per heavy atom. The Hall–Kier alpha value is -2.94. The normalized spacial score (nSPS) is 20.8. The van der Waals surface area contributed by atoms with E-state index in [-0.39, 0.29) is 68.9 Å². The van der Waals surface area contributed by atoms with Gasteiger partial charge in [-0.2, -0.15) is 26.7 Å². The van der Waals surface area contributed by atoms with Gasteiger partial charge in [-0.1, -0.05) is 18.2 Å². The minimum Gasteiger partial charge on any atom is -0.391 e. The second-order valence-electron chi connectivity index (χ2n) is 10.8. The number of aliphatic hydroxyl groups is 1. The van der Waals surface area contributed by atoms with Gasteiger partial charge in [0.05, 0.1) is 17.4 Å². The first-order chi connectivity index (χ1) is 19.3. The third-order valence-corrected chi connectivity index (χ3v) is 9.93. The Balaban J connectivity index is 0.00000405. The third kappa shape index (κ3) is 6.51. The molecule has 1 spiro atoms. The van der Waals surface area contributed by atoms with Gasteiger partial charge in [0, 0.05) is 37.3 Å². The van der Waals surface area contributed by atoms with Crippen molar-refractivity contribution in [1.82, 2.24) is 14.5 Å². The number of β-amino-alcohol motifs (C(OH)–C–C–N with tert-alkyl or cyclic N) is 1. The molecule has 2 aromatic carbocycles. The number of hydrogen-bond donors (Lipinski definition) is 2. The smallest absolute Gasteiger partial charge is 0.391 e. The van der Waals surface area contributed by atoms with Crippen LogP contribution >= 0.6 is 13.5 Å². The number of carbonyl (C=O) groups is 2. The minimum atomic E-state index is -4.54. The number of aliphatic hydroxyl groups excluding tert-OH is 1. The van der Waals surface area contributed by atoms with Crippen molar-refractivity contribution in [2.24, 2.45) is 4.99 Å². The molecule has 42 heavy (non-hydrogen) atoms. The molecule has 2 N–H and O–H groups in total. The molecule has 9 nitrogen and oxygen atoms in total. The van der Waals surface area contributed by atoms with Crippen LogP contribution < -0.4 is 5.32 Å². The predicted molar refractivity (Wildman–Crippen MR) is 155 cm³/mol. The molecule has 2 fully saturated rings. The fraction of sp³-hybridized carbons (Fsp3) is 0.464. The molecule has 3 aliphatic rings. The number of aryl methyl sites for hydroxylation is 2. The van der Waals surface area contributed by atoms with E-state index in [4.69, 9.17) is 0 Å². The topological polar surface area (TPSA) is 119 Å². The molecule has 2 aromatic rings. The molecule has 2 saturated heterocycles. The van der Waals surface area contributed by atoms with Crippen LogP contribution in [0.1, 0.15) is 51.9 Å². The van der Waals surface area contributed by atoms with Crippen LogP contribution in [0.5, 0.6) is 0 Å². The number of amidine groups is 1. The number of aliphatic imine (C=N–C) groups is 1. The molecule has 3 heterocycles. The quantitative estimate of drug-likeness (QED) is 0.511. The first kappa shape index (κ1) is 32.0. The van der Waals surface area contributed by atoms with E-state index in [2.05, 4.69) is 10.3 Å². The number of piperidine rings is 1. The van der Waals surface area contributed by atoms with Crippen LogP contribution in [0.4, 0.5) is 13.2 Å². The Morgan fingerprint density at radius 3 is 2.48 bits per heavy atom. The van der Waals surface area contributed by atoms with Crippen LogP contribution in [0.3, 0.4) is 0 Å². The summed E-state index contributed by atoms with van der Waals surface area (Å²) in [6, 6.07) is 9.72. The molecule has 0 aliphatic carbocycles. The summed E-state index contributed by atoms with van der Waals surface area (Å²) in [5.74, 6) is -0.718. The van der Waals surface area contributed by atoms with E-state index in [1.54, 1.807) is 23.1 Å². The standard InChI is InChI=1S/C28H31F3N4O5S.H2S/c1-18-15-21(25(37)34-11-7-23(36)17-34)6-5-19(18)8-14-41(39,40)35-12-9-27(10-13-35)26(38)32-24(33-27)20-3-2-4-22(16-20)28(29,30)31;/h2-6,15-16,23,36H,7-14,17H2,1H3,(H,32,33,38);1H2/t23-;/m0./s1. The van der Waals surface area contributed by atoms with Crippen molar-refractivity contribution in [3.63, 3.8) is 0 Å². The van der Waals surface area contributed by atoms with E-state index in [1.165, 1.54) is 16.4 Å². The molecule has 0 aromatic heterocycles. The van der Waals surface area contributed by atoms with Crippen LogP contribution in [-0.4, -0.2) is 84.0 Å². The zero-order valence-corrected chi connectivity index (χ0v) is 24.8. The summed E-state index contributed by atoms with van der Waals surface area (Å²) in [7, 11) is -3.67. The van der Waals surface area contributed by atoms with E-state index in [1.807, 2.05) is 6.92 Å². The second kappa shape index (κ2) is 12.0. The Labute approximate surface area is 249 Å². The number of sulfonamides is 1. The molecule has 14 heteroatoms. The average Bonchev–Trinajstić information content (AvgIpc) is 3.50. The molecule has 5 rings (SSSR count). The van der Waals surface area contributed by atoms with Gasteiger partial charge in [0.1, 0.15) is 11.4 Å². The van der Waals surface area contributed by atoms with E-state index in [9.17, 15) is 36.3 Å². The van der Waals surface area contributed by atoms with Crippen molar-refractivity contribution in [1.29, 1.82) is 0 Å². The summed E-state index contributed by atoms with van der Waals surface area (Å²) in [6.07, 6.45) is -4.03. The summed E-state index contributed by atoms with van der Waals surface area (Å²) in [6.45, 7) is 2.73. The van der Waals surface area contributed by atoms with Crippen LogP contribution in [0, 0.1) is 6.92 Å². The van der Waals surface area contributed by atoms with Crippen molar-refractivity contribution < 1.29 is 36.3 Å². The van der Waals surface area contributed by atoms with Crippen molar-refractivity contribution >= 4 is 41.2 Å². The summed E-state index contributed by atoms with van der Waals surface area (Å²) in [4.78, 5) is 31.6. The summed E-state index contributed by atoms with van der Waals surface area (Å²) >= 11 is 0. The lowest BCUT2D eigenvalue weighted by molar-refractivity contribution is -0.137. The van der Waals surface area contributed by atoms with E-state index < -0.39 is 39.3 Å². The highest BCUT2D eigenvalue weighted by Gasteiger charge is 2.47. The van der Waals surface area contributed by atoms with Crippen LogP contribution in [0.2, 0.25) is 0 Å². The lowest BCUT2D eigenvalue weighted by Crippen LogP contribution is -2.50. The minimum absolute atomic E-state index is 0. The summed E-state index contributed by atoms with van der Waals surface area (Å²) in [5, 5.41) is 12.3. The number of carbonyl (C=O) groups excluding carboxylic acids is 2. The van der Waals surface area contributed by atoms with Gasteiger partial charge in [0.25, 0.3) is 11.8 Å².